The van der Waals surface area contributed by atoms with Crippen LogP contribution in [0.4, 0.5) is 0 Å². The maximum absolute atomic E-state index is 13.5. The van der Waals surface area contributed by atoms with Crippen molar-refractivity contribution in [1.29, 1.82) is 0 Å². The van der Waals surface area contributed by atoms with Crippen LogP contribution in [0, 0.1) is 11.8 Å². The number of aromatic nitrogens is 1. The van der Waals surface area contributed by atoms with Gasteiger partial charge in [0.1, 0.15) is 0 Å². The van der Waals surface area contributed by atoms with Crippen molar-refractivity contribution in [3.63, 3.8) is 0 Å². The molecule has 1 saturated heterocycles. The van der Waals surface area contributed by atoms with Crippen LogP contribution in [-0.2, 0) is 11.3 Å². The van der Waals surface area contributed by atoms with E-state index in [0.29, 0.717) is 17.7 Å². The van der Waals surface area contributed by atoms with Crippen molar-refractivity contribution in [2.24, 2.45) is 11.8 Å². The number of carbonyl (C=O) groups excluding carboxylic acids is 2. The molecule has 2 aliphatic rings. The van der Waals surface area contributed by atoms with Crippen molar-refractivity contribution in [1.82, 2.24) is 20.1 Å². The number of aliphatic hydroxyl groups excluding tert-OH is 1. The maximum Gasteiger partial charge on any atom is 0.258 e. The highest BCUT2D eigenvalue weighted by Gasteiger charge is 2.50. The van der Waals surface area contributed by atoms with Crippen molar-refractivity contribution in [2.45, 2.75) is 31.6 Å². The smallest absolute Gasteiger partial charge is 0.258 e. The second-order valence-electron chi connectivity index (χ2n) is 10.1. The summed E-state index contributed by atoms with van der Waals surface area (Å²) in [6.45, 7) is 2.22. The van der Waals surface area contributed by atoms with Gasteiger partial charge in [0.15, 0.2) is 0 Å². The van der Waals surface area contributed by atoms with Crippen LogP contribution in [0.1, 0.15) is 40.6 Å². The van der Waals surface area contributed by atoms with Crippen LogP contribution in [0.5, 0.6) is 0 Å². The number of amides is 2. The highest BCUT2D eigenvalue weighted by atomic mass is 16.3. The van der Waals surface area contributed by atoms with Crippen LogP contribution in [-0.4, -0.2) is 53.1 Å². The van der Waals surface area contributed by atoms with E-state index in [9.17, 15) is 19.5 Å². The van der Waals surface area contributed by atoms with Crippen LogP contribution in [0.3, 0.4) is 0 Å². The molecule has 2 amide bonds. The van der Waals surface area contributed by atoms with Crippen LogP contribution in [0.15, 0.2) is 71.5 Å². The minimum Gasteiger partial charge on any atom is -0.396 e. The monoisotopic (exact) mass is 500 g/mol. The second kappa shape index (κ2) is 9.95. The van der Waals surface area contributed by atoms with E-state index in [2.05, 4.69) is 10.6 Å². The van der Waals surface area contributed by atoms with Gasteiger partial charge in [-0.2, -0.15) is 0 Å². The first-order chi connectivity index (χ1) is 17.8. The molecule has 2 aliphatic heterocycles. The Morgan fingerprint density at radius 1 is 1.08 bits per heavy atom. The minimum atomic E-state index is -0.545. The number of pyridine rings is 1. The quantitative estimate of drug-likeness (QED) is 0.482. The van der Waals surface area contributed by atoms with Gasteiger partial charge in [-0.05, 0) is 42.3 Å². The van der Waals surface area contributed by atoms with Gasteiger partial charge in [0, 0.05) is 55.9 Å². The third kappa shape index (κ3) is 4.47. The Labute approximate surface area is 215 Å². The minimum absolute atomic E-state index is 0.0733. The van der Waals surface area contributed by atoms with Gasteiger partial charge >= 0.3 is 0 Å². The number of benzene rings is 2. The Bertz CT molecular complexity index is 1370. The standard InChI is InChI=1S/C29H32N4O4/c1-17(18-7-5-4-6-8-18)30-27(35)26-23(16-34)22-15-33-24(25(22)31-26)14-13-21(29(33)37)19-9-11-20(12-10-19)28(36)32(2)3/h4-14,17,22-23,25-26,31,34H,15-16H2,1-3H3,(H,30,35)/t17-,22+,23+,25-,26+/m0/s1. The van der Waals surface area contributed by atoms with Crippen LogP contribution in [0.2, 0.25) is 0 Å². The van der Waals surface area contributed by atoms with Gasteiger partial charge in [0.2, 0.25) is 5.91 Å². The fraction of sp³-hybridized carbons (Fsp3) is 0.345. The number of nitrogens with one attached hydrogen (secondary N) is 2. The van der Waals surface area contributed by atoms with Crippen molar-refractivity contribution < 1.29 is 14.7 Å². The van der Waals surface area contributed by atoms with Crippen molar-refractivity contribution in [3.05, 3.63) is 93.9 Å². The predicted octanol–water partition coefficient (Wildman–Crippen LogP) is 2.35. The molecular formula is C29H32N4O4. The van der Waals surface area contributed by atoms with Gasteiger partial charge in [0.05, 0.1) is 18.1 Å². The Morgan fingerprint density at radius 3 is 2.43 bits per heavy atom. The summed E-state index contributed by atoms with van der Waals surface area (Å²) in [5.41, 5.74) is 3.58. The fourth-order valence-corrected chi connectivity index (χ4v) is 5.65. The van der Waals surface area contributed by atoms with Gasteiger partial charge in [-0.15, -0.1) is 0 Å². The lowest BCUT2D eigenvalue weighted by atomic mass is 9.88. The maximum atomic E-state index is 13.5. The van der Waals surface area contributed by atoms with E-state index in [-0.39, 0.29) is 47.9 Å². The van der Waals surface area contributed by atoms with E-state index in [1.807, 2.05) is 43.3 Å². The van der Waals surface area contributed by atoms with E-state index in [4.69, 9.17) is 0 Å². The topological polar surface area (TPSA) is 104 Å². The summed E-state index contributed by atoms with van der Waals surface area (Å²) in [5.74, 6) is -0.631. The molecule has 2 aromatic carbocycles. The van der Waals surface area contributed by atoms with Crippen LogP contribution >= 0.6 is 0 Å². The zero-order valence-electron chi connectivity index (χ0n) is 21.2. The molecule has 3 N–H and O–H groups in total. The fourth-order valence-electron chi connectivity index (χ4n) is 5.65. The van der Waals surface area contributed by atoms with Gasteiger partial charge in [-0.3, -0.25) is 19.7 Å². The average Bonchev–Trinajstić information content (AvgIpc) is 3.46. The van der Waals surface area contributed by atoms with E-state index in [0.717, 1.165) is 16.8 Å². The van der Waals surface area contributed by atoms with Gasteiger partial charge in [0.25, 0.3) is 11.5 Å². The first kappa shape index (κ1) is 24.9. The molecule has 5 atom stereocenters. The molecule has 0 unspecified atom stereocenters. The zero-order chi connectivity index (χ0) is 26.3. The molecule has 3 heterocycles. The molecule has 5 rings (SSSR count). The van der Waals surface area contributed by atoms with Gasteiger partial charge in [-0.1, -0.05) is 42.5 Å². The first-order valence-electron chi connectivity index (χ1n) is 12.6. The molecule has 0 saturated carbocycles. The number of hydrogen-bond acceptors (Lipinski definition) is 5. The molecule has 0 spiro atoms. The van der Waals surface area contributed by atoms with E-state index in [1.165, 1.54) is 4.90 Å². The molecule has 1 fully saturated rings. The van der Waals surface area contributed by atoms with E-state index in [1.54, 1.807) is 49.0 Å². The summed E-state index contributed by atoms with van der Waals surface area (Å²) in [7, 11) is 3.40. The Morgan fingerprint density at radius 2 is 1.78 bits per heavy atom. The lowest BCUT2D eigenvalue weighted by molar-refractivity contribution is -0.125. The van der Waals surface area contributed by atoms with Crippen LogP contribution < -0.4 is 16.2 Å². The van der Waals surface area contributed by atoms with Crippen LogP contribution in [0.25, 0.3) is 11.1 Å². The molecule has 0 radical (unpaired) electrons. The largest absolute Gasteiger partial charge is 0.396 e. The van der Waals surface area contributed by atoms with Crippen molar-refractivity contribution >= 4 is 11.8 Å². The summed E-state index contributed by atoms with van der Waals surface area (Å²) in [6, 6.07) is 19.6. The number of hydrogen-bond donors (Lipinski definition) is 3. The Kier molecular flexibility index (Phi) is 6.70. The summed E-state index contributed by atoms with van der Waals surface area (Å²) in [4.78, 5) is 40.3. The Balaban J connectivity index is 1.36. The molecule has 8 heteroatoms. The zero-order valence-corrected chi connectivity index (χ0v) is 21.2. The number of rotatable bonds is 6. The summed E-state index contributed by atoms with van der Waals surface area (Å²) < 4.78 is 1.75. The summed E-state index contributed by atoms with van der Waals surface area (Å²) in [6.07, 6.45) is 0. The lowest BCUT2D eigenvalue weighted by Crippen LogP contribution is -2.46. The second-order valence-corrected chi connectivity index (χ2v) is 10.1. The van der Waals surface area contributed by atoms with Gasteiger partial charge < -0.3 is 19.9 Å². The molecule has 1 aromatic heterocycles. The van der Waals surface area contributed by atoms with E-state index >= 15 is 0 Å². The molecule has 3 aromatic rings. The average molecular weight is 501 g/mol. The SMILES string of the molecule is C[C@H](NC(=O)[C@@H]1N[C@@H]2c3ccc(-c4ccc(C(=O)N(C)C)cc4)c(=O)n3C[C@@H]2[C@H]1CO)c1ccccc1. The molecule has 37 heavy (non-hydrogen) atoms. The number of fused-ring (bicyclic) bond motifs is 3. The predicted molar refractivity (Wildman–Crippen MR) is 141 cm³/mol. The molecule has 0 aliphatic carbocycles. The highest BCUT2D eigenvalue weighted by molar-refractivity contribution is 5.94. The molecular weight excluding hydrogens is 468 g/mol. The Hall–Kier alpha value is -3.75. The molecule has 8 nitrogen and oxygen atoms in total. The highest BCUT2D eigenvalue weighted by Crippen LogP contribution is 2.43. The normalized spacial score (nSPS) is 22.7. The first-order valence-corrected chi connectivity index (χ1v) is 12.6. The summed E-state index contributed by atoms with van der Waals surface area (Å²) >= 11 is 0. The van der Waals surface area contributed by atoms with Crippen molar-refractivity contribution in [3.8, 4) is 11.1 Å². The number of carbonyl (C=O) groups is 2. The van der Waals surface area contributed by atoms with E-state index < -0.39 is 6.04 Å². The van der Waals surface area contributed by atoms with Crippen molar-refractivity contribution in [2.75, 3.05) is 20.7 Å². The third-order valence-corrected chi connectivity index (χ3v) is 7.69. The summed E-state index contributed by atoms with van der Waals surface area (Å²) in [5, 5.41) is 16.7. The number of nitrogens with zero attached hydrogens (tertiary/aromatic N) is 2. The lowest BCUT2D eigenvalue weighted by Gasteiger charge is -2.23. The third-order valence-electron chi connectivity index (χ3n) is 7.69. The molecule has 0 bridgehead atoms. The van der Waals surface area contributed by atoms with Gasteiger partial charge in [-0.25, -0.2) is 0 Å². The molecule has 192 valence electrons. The number of aliphatic hydroxyl groups is 1.